The van der Waals surface area contributed by atoms with Gasteiger partial charge in [-0.15, -0.1) is 0 Å². The quantitative estimate of drug-likeness (QED) is 0.207. The highest BCUT2D eigenvalue weighted by Crippen LogP contribution is 2.46. The minimum atomic E-state index is -0.0551. The Bertz CT molecular complexity index is 2420. The van der Waals surface area contributed by atoms with Crippen LogP contribution in [-0.2, 0) is 0 Å². The highest BCUT2D eigenvalue weighted by Gasteiger charge is 2.34. The topological polar surface area (TPSA) is 74.2 Å². The van der Waals surface area contributed by atoms with Crippen molar-refractivity contribution in [2.45, 2.75) is 12.0 Å². The predicted octanol–water partition coefficient (Wildman–Crippen LogP) is 9.64. The summed E-state index contributed by atoms with van der Waals surface area (Å²) in [6.07, 6.45) is 8.35. The lowest BCUT2D eigenvalue weighted by Gasteiger charge is -2.14. The molecule has 2 aliphatic rings. The molecular weight excluding hydrogens is 558 g/mol. The van der Waals surface area contributed by atoms with E-state index in [0.29, 0.717) is 17.5 Å². The van der Waals surface area contributed by atoms with Crippen molar-refractivity contribution in [2.75, 3.05) is 0 Å². The number of allylic oxidation sites excluding steroid dienone is 2. The van der Waals surface area contributed by atoms with Crippen LogP contribution in [0.4, 0.5) is 0 Å². The molecule has 6 heteroatoms. The average molecular weight is 582 g/mol. The van der Waals surface area contributed by atoms with Crippen LogP contribution < -0.4 is 4.74 Å². The molecule has 0 amide bonds. The van der Waals surface area contributed by atoms with Gasteiger partial charge in [0.1, 0.15) is 34.2 Å². The highest BCUT2D eigenvalue weighted by molar-refractivity contribution is 6.10. The maximum Gasteiger partial charge on any atom is 0.167 e. The molecule has 5 aromatic carbocycles. The van der Waals surface area contributed by atoms with Gasteiger partial charge in [-0.25, -0.2) is 15.0 Å². The SMILES string of the molecule is C1=CC2Oc3c(-c4nc(-c5cccc6c5oc5ccccc56)nc(-c5cccc6c5oc5ccccc56)n4)cccc3C2C=C1. The number of fused-ring (bicyclic) bond motifs is 9. The van der Waals surface area contributed by atoms with Gasteiger partial charge < -0.3 is 13.6 Å². The second-order valence-electron chi connectivity index (χ2n) is 11.5. The molecule has 2 atom stereocenters. The first-order chi connectivity index (χ1) is 22.3. The minimum Gasteiger partial charge on any atom is -0.484 e. The lowest BCUT2D eigenvalue weighted by molar-refractivity contribution is 0.269. The molecule has 3 aromatic heterocycles. The molecule has 0 saturated heterocycles. The second kappa shape index (κ2) is 9.24. The molecule has 1 aliphatic carbocycles. The summed E-state index contributed by atoms with van der Waals surface area (Å²) in [6, 6.07) is 34.5. The first-order valence-electron chi connectivity index (χ1n) is 15.0. The Morgan fingerprint density at radius 2 is 0.978 bits per heavy atom. The molecule has 0 radical (unpaired) electrons. The molecule has 2 unspecified atom stereocenters. The van der Waals surface area contributed by atoms with Crippen LogP contribution in [-0.4, -0.2) is 21.1 Å². The predicted molar refractivity (Wildman–Crippen MR) is 176 cm³/mol. The van der Waals surface area contributed by atoms with Crippen molar-refractivity contribution in [1.29, 1.82) is 0 Å². The fourth-order valence-electron chi connectivity index (χ4n) is 6.82. The van der Waals surface area contributed by atoms with Crippen molar-refractivity contribution in [3.05, 3.63) is 133 Å². The Kier molecular flexibility index (Phi) is 5.02. The van der Waals surface area contributed by atoms with Gasteiger partial charge in [0.15, 0.2) is 17.5 Å². The molecule has 0 fully saturated rings. The van der Waals surface area contributed by atoms with E-state index in [1.807, 2.05) is 72.8 Å². The van der Waals surface area contributed by atoms with Crippen molar-refractivity contribution >= 4 is 43.9 Å². The van der Waals surface area contributed by atoms with Crippen LogP contribution in [0.3, 0.4) is 0 Å². The zero-order valence-electron chi connectivity index (χ0n) is 23.8. The van der Waals surface area contributed by atoms with Crippen LogP contribution in [0.15, 0.2) is 136 Å². The molecule has 10 rings (SSSR count). The number of hydrogen-bond donors (Lipinski definition) is 0. The summed E-state index contributed by atoms with van der Waals surface area (Å²) in [6.45, 7) is 0. The van der Waals surface area contributed by atoms with E-state index in [1.165, 1.54) is 0 Å². The lowest BCUT2D eigenvalue weighted by Crippen LogP contribution is -2.15. The van der Waals surface area contributed by atoms with Crippen LogP contribution in [0.25, 0.3) is 78.0 Å². The summed E-state index contributed by atoms with van der Waals surface area (Å²) in [5.74, 6) is 2.51. The fraction of sp³-hybridized carbons (Fsp3) is 0.0513. The van der Waals surface area contributed by atoms with Crippen LogP contribution in [0, 0.1) is 0 Å². The summed E-state index contributed by atoms with van der Waals surface area (Å²) in [5.41, 5.74) is 6.64. The summed E-state index contributed by atoms with van der Waals surface area (Å²) in [7, 11) is 0. The number of para-hydroxylation sites is 5. The van der Waals surface area contributed by atoms with Crippen molar-refractivity contribution < 1.29 is 13.6 Å². The normalized spacial score (nSPS) is 16.9. The minimum absolute atomic E-state index is 0.0551. The number of rotatable bonds is 3. The van der Waals surface area contributed by atoms with Crippen LogP contribution in [0.1, 0.15) is 11.5 Å². The highest BCUT2D eigenvalue weighted by atomic mass is 16.5. The number of aromatic nitrogens is 3. The Balaban J connectivity index is 1.25. The van der Waals surface area contributed by atoms with E-state index in [9.17, 15) is 0 Å². The van der Waals surface area contributed by atoms with Gasteiger partial charge in [0, 0.05) is 33.0 Å². The van der Waals surface area contributed by atoms with Gasteiger partial charge in [0.25, 0.3) is 0 Å². The number of ether oxygens (including phenoxy) is 1. The van der Waals surface area contributed by atoms with E-state index in [1.54, 1.807) is 0 Å². The van der Waals surface area contributed by atoms with E-state index >= 15 is 0 Å². The number of hydrogen-bond acceptors (Lipinski definition) is 6. The van der Waals surface area contributed by atoms with Crippen molar-refractivity contribution in [3.8, 4) is 39.9 Å². The molecule has 0 saturated carbocycles. The van der Waals surface area contributed by atoms with Gasteiger partial charge in [0.05, 0.1) is 16.7 Å². The molecule has 1 aliphatic heterocycles. The summed E-state index contributed by atoms with van der Waals surface area (Å²) >= 11 is 0. The smallest absolute Gasteiger partial charge is 0.167 e. The largest absolute Gasteiger partial charge is 0.484 e. The van der Waals surface area contributed by atoms with E-state index in [-0.39, 0.29) is 12.0 Å². The molecule has 0 bridgehead atoms. The van der Waals surface area contributed by atoms with Crippen molar-refractivity contribution in [1.82, 2.24) is 15.0 Å². The maximum atomic E-state index is 6.53. The van der Waals surface area contributed by atoms with E-state index < -0.39 is 0 Å². The number of benzene rings is 5. The molecule has 45 heavy (non-hydrogen) atoms. The molecule has 4 heterocycles. The zero-order valence-corrected chi connectivity index (χ0v) is 23.8. The van der Waals surface area contributed by atoms with Gasteiger partial charge in [-0.2, -0.15) is 0 Å². The van der Waals surface area contributed by atoms with Gasteiger partial charge in [-0.05, 0) is 36.4 Å². The third-order valence-corrected chi connectivity index (χ3v) is 8.91. The fourth-order valence-corrected chi connectivity index (χ4v) is 6.82. The Labute approximate surface area is 256 Å². The van der Waals surface area contributed by atoms with Crippen LogP contribution >= 0.6 is 0 Å². The summed E-state index contributed by atoms with van der Waals surface area (Å²) in [4.78, 5) is 15.3. The van der Waals surface area contributed by atoms with Gasteiger partial charge in [-0.1, -0.05) is 91.0 Å². The third-order valence-electron chi connectivity index (χ3n) is 8.91. The molecule has 0 N–H and O–H groups in total. The molecular formula is C39H23N3O3. The Hall–Kier alpha value is -6.01. The molecule has 6 nitrogen and oxygen atoms in total. The van der Waals surface area contributed by atoms with Crippen molar-refractivity contribution in [2.24, 2.45) is 0 Å². The van der Waals surface area contributed by atoms with Crippen LogP contribution in [0.2, 0.25) is 0 Å². The molecule has 212 valence electrons. The first kappa shape index (κ1) is 24.4. The first-order valence-corrected chi connectivity index (χ1v) is 15.0. The summed E-state index contributed by atoms with van der Waals surface area (Å²) < 4.78 is 19.4. The van der Waals surface area contributed by atoms with Gasteiger partial charge >= 0.3 is 0 Å². The average Bonchev–Trinajstić information content (AvgIpc) is 3.79. The van der Waals surface area contributed by atoms with Gasteiger partial charge in [-0.3, -0.25) is 0 Å². The number of furan rings is 2. The maximum absolute atomic E-state index is 6.53. The molecule has 8 aromatic rings. The van der Waals surface area contributed by atoms with E-state index in [0.717, 1.165) is 71.9 Å². The second-order valence-corrected chi connectivity index (χ2v) is 11.5. The number of nitrogens with zero attached hydrogens (tertiary/aromatic N) is 3. The van der Waals surface area contributed by atoms with E-state index in [2.05, 4.69) is 54.6 Å². The zero-order chi connectivity index (χ0) is 29.5. The Morgan fingerprint density at radius 3 is 1.62 bits per heavy atom. The van der Waals surface area contributed by atoms with Crippen LogP contribution in [0.5, 0.6) is 5.75 Å². The summed E-state index contributed by atoms with van der Waals surface area (Å²) in [5, 5.41) is 4.12. The monoisotopic (exact) mass is 581 g/mol. The lowest BCUT2D eigenvalue weighted by atomic mass is 9.91. The van der Waals surface area contributed by atoms with E-state index in [4.69, 9.17) is 28.5 Å². The van der Waals surface area contributed by atoms with Crippen molar-refractivity contribution in [3.63, 3.8) is 0 Å². The van der Waals surface area contributed by atoms with Gasteiger partial charge in [0.2, 0.25) is 0 Å². The third kappa shape index (κ3) is 3.60. The Morgan fingerprint density at radius 1 is 0.467 bits per heavy atom. The standard InChI is InChI=1S/C39H23N3O3/c1-4-19-31-22(10-1)25-13-7-16-28(34(25)43-31)37-40-38(29-17-8-14-26-23-11-2-5-20-32(23)44-35(26)29)42-39(41-37)30-18-9-15-27-24-12-3-6-21-33(24)45-36(27)30/h1-22,31H. The molecule has 0 spiro atoms.